The molecule has 0 aliphatic heterocycles. The maximum absolute atomic E-state index is 12.4. The third kappa shape index (κ3) is 3.69. The summed E-state index contributed by atoms with van der Waals surface area (Å²) in [5.74, 6) is 0. The molecule has 0 aliphatic rings. The van der Waals surface area contributed by atoms with Gasteiger partial charge in [0.15, 0.2) is 0 Å². The van der Waals surface area contributed by atoms with Crippen molar-refractivity contribution in [2.75, 3.05) is 0 Å². The molecule has 0 heterocycles. The van der Waals surface area contributed by atoms with Gasteiger partial charge in [0.25, 0.3) is 0 Å². The minimum atomic E-state index is -4.37. The normalized spacial score (nSPS) is 11.3. The van der Waals surface area contributed by atoms with E-state index in [-0.39, 0.29) is 4.68 Å². The van der Waals surface area contributed by atoms with Gasteiger partial charge in [-0.05, 0) is 0 Å². The van der Waals surface area contributed by atoms with Gasteiger partial charge in [0.05, 0.1) is 0 Å². The van der Waals surface area contributed by atoms with Gasteiger partial charge >= 0.3 is 114 Å². The van der Waals surface area contributed by atoms with Crippen molar-refractivity contribution in [1.82, 2.24) is 0 Å². The Bertz CT molecular complexity index is 561. The Hall–Kier alpha value is -1.58. The van der Waals surface area contributed by atoms with Gasteiger partial charge in [-0.3, -0.25) is 0 Å². The van der Waals surface area contributed by atoms with Crippen molar-refractivity contribution in [1.29, 1.82) is 0 Å². The Morgan fingerprint density at radius 3 is 2.00 bits per heavy atom. The van der Waals surface area contributed by atoms with Gasteiger partial charge in [-0.25, -0.2) is 0 Å². The number of carbonyl (C=O) groups is 1. The summed E-state index contributed by atoms with van der Waals surface area (Å²) in [5, 5.41) is 0. The average molecular weight is 329 g/mol. The van der Waals surface area contributed by atoms with Gasteiger partial charge in [-0.2, -0.15) is 0 Å². The van der Waals surface area contributed by atoms with Crippen LogP contribution in [0.4, 0.5) is 13.2 Å². The number of hydrogen-bond donors (Lipinski definition) is 0. The van der Waals surface area contributed by atoms with Crippen molar-refractivity contribution in [3.8, 4) is 0 Å². The molecule has 0 saturated carbocycles. The predicted octanol–water partition coefficient (Wildman–Crippen LogP) is 2.88. The molecular formula is C14H9F3OSe. The van der Waals surface area contributed by atoms with Crippen LogP contribution in [0.1, 0.15) is 15.9 Å². The Morgan fingerprint density at radius 1 is 0.895 bits per heavy atom. The third-order valence-electron chi connectivity index (χ3n) is 2.40. The number of halogens is 3. The fraction of sp³-hybridized carbons (Fsp3) is 0.0714. The molecule has 2 aromatic carbocycles. The molecule has 0 saturated heterocycles. The molecule has 0 aromatic heterocycles. The SMILES string of the molecule is O=C([Se]c1ccccc1)c1ccc(C(F)(F)F)cc1. The van der Waals surface area contributed by atoms with Crippen LogP contribution in [0, 0.1) is 0 Å². The van der Waals surface area contributed by atoms with E-state index < -0.39 is 26.7 Å². The number of alkyl halides is 3. The summed E-state index contributed by atoms with van der Waals surface area (Å²) in [5.41, 5.74) is -0.423. The van der Waals surface area contributed by atoms with Crippen LogP contribution < -0.4 is 4.46 Å². The zero-order valence-corrected chi connectivity index (χ0v) is 11.4. The molecule has 0 spiro atoms. The van der Waals surface area contributed by atoms with E-state index in [1.54, 1.807) is 0 Å². The molecule has 0 fully saturated rings. The van der Waals surface area contributed by atoms with Crippen molar-refractivity contribution in [2.45, 2.75) is 6.18 Å². The van der Waals surface area contributed by atoms with Crippen LogP contribution in [0.25, 0.3) is 0 Å². The van der Waals surface area contributed by atoms with E-state index in [1.165, 1.54) is 12.1 Å². The first-order valence-corrected chi connectivity index (χ1v) is 7.12. The van der Waals surface area contributed by atoms with Crippen molar-refractivity contribution in [2.24, 2.45) is 0 Å². The first kappa shape index (κ1) is 13.8. The Balaban J connectivity index is 2.12. The van der Waals surface area contributed by atoms with E-state index in [0.29, 0.717) is 5.56 Å². The zero-order valence-electron chi connectivity index (χ0n) is 9.65. The first-order valence-electron chi connectivity index (χ1n) is 5.41. The van der Waals surface area contributed by atoms with E-state index >= 15 is 0 Å². The number of benzene rings is 2. The number of hydrogen-bond acceptors (Lipinski definition) is 1. The van der Waals surface area contributed by atoms with E-state index in [1.807, 2.05) is 30.3 Å². The molecule has 0 radical (unpaired) electrons. The quantitative estimate of drug-likeness (QED) is 0.792. The molecule has 2 rings (SSSR count). The Kier molecular flexibility index (Phi) is 4.07. The summed E-state index contributed by atoms with van der Waals surface area (Å²) in [6, 6.07) is 13.5. The predicted molar refractivity (Wildman–Crippen MR) is 67.6 cm³/mol. The number of carbonyl (C=O) groups excluding carboxylic acids is 1. The van der Waals surface area contributed by atoms with Crippen LogP contribution in [-0.4, -0.2) is 19.6 Å². The second kappa shape index (κ2) is 5.59. The average Bonchev–Trinajstić information content (AvgIpc) is 2.39. The van der Waals surface area contributed by atoms with Gasteiger partial charge < -0.3 is 0 Å². The molecule has 19 heavy (non-hydrogen) atoms. The zero-order chi connectivity index (χ0) is 13.9. The molecule has 0 amide bonds. The number of rotatable bonds is 3. The molecule has 0 unspecified atom stereocenters. The molecule has 0 N–H and O–H groups in total. The molecule has 5 heteroatoms. The van der Waals surface area contributed by atoms with Crippen molar-refractivity contribution < 1.29 is 18.0 Å². The fourth-order valence-electron chi connectivity index (χ4n) is 1.45. The van der Waals surface area contributed by atoms with E-state index in [4.69, 9.17) is 0 Å². The van der Waals surface area contributed by atoms with Crippen molar-refractivity contribution in [3.05, 3.63) is 65.7 Å². The molecule has 0 atom stereocenters. The second-order valence-electron chi connectivity index (χ2n) is 3.78. The molecule has 98 valence electrons. The molecule has 1 nitrogen and oxygen atoms in total. The van der Waals surface area contributed by atoms with Crippen LogP contribution in [0.2, 0.25) is 0 Å². The molecule has 0 bridgehead atoms. The fourth-order valence-corrected chi connectivity index (χ4v) is 3.05. The molecular weight excluding hydrogens is 320 g/mol. The summed E-state index contributed by atoms with van der Waals surface area (Å²) >= 11 is -0.416. The van der Waals surface area contributed by atoms with E-state index in [2.05, 4.69) is 0 Å². The Morgan fingerprint density at radius 2 is 1.47 bits per heavy atom. The van der Waals surface area contributed by atoms with Crippen molar-refractivity contribution in [3.63, 3.8) is 0 Å². The van der Waals surface area contributed by atoms with Gasteiger partial charge in [-0.15, -0.1) is 0 Å². The van der Waals surface area contributed by atoms with Gasteiger partial charge in [0.1, 0.15) is 0 Å². The summed E-state index contributed by atoms with van der Waals surface area (Å²) in [6.45, 7) is 0. The summed E-state index contributed by atoms with van der Waals surface area (Å²) in [4.78, 5) is 11.9. The first-order chi connectivity index (χ1) is 8.97. The molecule has 0 aliphatic carbocycles. The summed E-state index contributed by atoms with van der Waals surface area (Å²) in [7, 11) is 0. The Labute approximate surface area is 114 Å². The van der Waals surface area contributed by atoms with Gasteiger partial charge in [0.2, 0.25) is 0 Å². The van der Waals surface area contributed by atoms with E-state index in [0.717, 1.165) is 16.6 Å². The second-order valence-corrected chi connectivity index (χ2v) is 5.97. The van der Waals surface area contributed by atoms with Crippen LogP contribution in [-0.2, 0) is 6.18 Å². The monoisotopic (exact) mass is 330 g/mol. The topological polar surface area (TPSA) is 17.1 Å². The summed E-state index contributed by atoms with van der Waals surface area (Å²) < 4.78 is 37.9. The van der Waals surface area contributed by atoms with Crippen molar-refractivity contribution >= 4 is 24.1 Å². The van der Waals surface area contributed by atoms with Crippen LogP contribution in [0.15, 0.2) is 54.6 Å². The van der Waals surface area contributed by atoms with Gasteiger partial charge in [-0.1, -0.05) is 0 Å². The van der Waals surface area contributed by atoms with Crippen LogP contribution >= 0.6 is 0 Å². The standard InChI is InChI=1S/C14H9F3OSe/c15-14(16,17)11-8-6-10(7-9-11)13(18)19-12-4-2-1-3-5-12/h1-9H. The van der Waals surface area contributed by atoms with Gasteiger partial charge in [0, 0.05) is 0 Å². The molecule has 2 aromatic rings. The third-order valence-corrected chi connectivity index (χ3v) is 4.35. The van der Waals surface area contributed by atoms with Crippen LogP contribution in [0.3, 0.4) is 0 Å². The van der Waals surface area contributed by atoms with Crippen LogP contribution in [0.5, 0.6) is 0 Å². The van der Waals surface area contributed by atoms with E-state index in [9.17, 15) is 18.0 Å². The maximum atomic E-state index is 12.4. The summed E-state index contributed by atoms with van der Waals surface area (Å²) in [6.07, 6.45) is -4.37. The minimum absolute atomic E-state index is 0.132.